The van der Waals surface area contributed by atoms with Crippen LogP contribution in [0.5, 0.6) is 11.5 Å². The summed E-state index contributed by atoms with van der Waals surface area (Å²) in [5.41, 5.74) is 4.69. The molecule has 37 heavy (non-hydrogen) atoms. The molecule has 4 rings (SSSR count). The number of hydrogen-bond acceptors (Lipinski definition) is 6. The number of rotatable bonds is 8. The molecule has 0 saturated carbocycles. The van der Waals surface area contributed by atoms with E-state index in [0.29, 0.717) is 22.4 Å². The van der Waals surface area contributed by atoms with E-state index in [2.05, 4.69) is 15.8 Å². The molecule has 0 fully saturated rings. The Kier molecular flexibility index (Phi) is 7.90. The number of methoxy groups -OCH3 is 1. The fourth-order valence-electron chi connectivity index (χ4n) is 3.64. The van der Waals surface area contributed by atoms with Gasteiger partial charge in [0.2, 0.25) is 0 Å². The van der Waals surface area contributed by atoms with Crippen molar-refractivity contribution in [1.82, 2.24) is 10.7 Å². The molecule has 0 unspecified atom stereocenters. The number of aryl methyl sites for hydroxylation is 1. The van der Waals surface area contributed by atoms with Gasteiger partial charge in [-0.05, 0) is 60.2 Å². The van der Waals surface area contributed by atoms with Crippen molar-refractivity contribution in [2.75, 3.05) is 13.7 Å². The van der Waals surface area contributed by atoms with Crippen molar-refractivity contribution in [2.24, 2.45) is 5.10 Å². The summed E-state index contributed by atoms with van der Waals surface area (Å²) in [5.74, 6) is -0.500. The highest BCUT2D eigenvalue weighted by Gasteiger charge is 2.14. The van der Waals surface area contributed by atoms with E-state index < -0.39 is 11.9 Å². The third-order valence-corrected chi connectivity index (χ3v) is 5.53. The van der Waals surface area contributed by atoms with Crippen molar-refractivity contribution in [3.05, 3.63) is 107 Å². The van der Waals surface area contributed by atoms with Gasteiger partial charge in [0.15, 0.2) is 0 Å². The van der Waals surface area contributed by atoms with Gasteiger partial charge < -0.3 is 14.8 Å². The molecule has 0 aliphatic carbocycles. The Morgan fingerprint density at radius 2 is 1.68 bits per heavy atom. The molecule has 0 bridgehead atoms. The first kappa shape index (κ1) is 25.1. The first-order valence-corrected chi connectivity index (χ1v) is 11.5. The highest BCUT2D eigenvalue weighted by atomic mass is 16.5. The van der Waals surface area contributed by atoms with Crippen molar-refractivity contribution in [1.29, 1.82) is 0 Å². The molecule has 2 N–H and O–H groups in total. The fourth-order valence-corrected chi connectivity index (χ4v) is 3.64. The quantitative estimate of drug-likeness (QED) is 0.164. The van der Waals surface area contributed by atoms with Crippen LogP contribution in [0.1, 0.15) is 31.8 Å². The van der Waals surface area contributed by atoms with Crippen LogP contribution in [0.3, 0.4) is 0 Å². The molecule has 186 valence electrons. The summed E-state index contributed by atoms with van der Waals surface area (Å²) in [4.78, 5) is 37.3. The van der Waals surface area contributed by atoms with E-state index >= 15 is 0 Å². The van der Waals surface area contributed by atoms with Crippen molar-refractivity contribution in [3.8, 4) is 11.5 Å². The van der Waals surface area contributed by atoms with E-state index in [1.54, 1.807) is 55.6 Å². The normalized spacial score (nSPS) is 10.8. The maximum atomic E-state index is 12.8. The molecule has 8 nitrogen and oxygen atoms in total. The van der Waals surface area contributed by atoms with Crippen LogP contribution in [-0.2, 0) is 4.79 Å². The van der Waals surface area contributed by atoms with Gasteiger partial charge in [-0.1, -0.05) is 48.0 Å². The van der Waals surface area contributed by atoms with Crippen LogP contribution in [0.25, 0.3) is 10.8 Å². The average molecular weight is 496 g/mol. The summed E-state index contributed by atoms with van der Waals surface area (Å²) in [7, 11) is 1.55. The molecule has 0 aliphatic heterocycles. The predicted molar refractivity (Wildman–Crippen MR) is 141 cm³/mol. The second-order valence-corrected chi connectivity index (χ2v) is 8.16. The van der Waals surface area contributed by atoms with Crippen LogP contribution in [-0.4, -0.2) is 37.7 Å². The third kappa shape index (κ3) is 6.37. The number of benzene rings is 4. The minimum absolute atomic E-state index is 0.251. The first-order valence-electron chi connectivity index (χ1n) is 11.5. The number of carbonyl (C=O) groups is 3. The summed E-state index contributed by atoms with van der Waals surface area (Å²) >= 11 is 0. The van der Waals surface area contributed by atoms with Gasteiger partial charge in [-0.25, -0.2) is 10.2 Å². The molecular weight excluding hydrogens is 470 g/mol. The van der Waals surface area contributed by atoms with Gasteiger partial charge in [-0.2, -0.15) is 5.10 Å². The maximum absolute atomic E-state index is 12.8. The van der Waals surface area contributed by atoms with E-state index in [0.717, 1.165) is 16.3 Å². The third-order valence-electron chi connectivity index (χ3n) is 5.53. The number of carbonyl (C=O) groups excluding carboxylic acids is 3. The summed E-state index contributed by atoms with van der Waals surface area (Å²) < 4.78 is 10.8. The Labute approximate surface area is 213 Å². The van der Waals surface area contributed by atoms with Gasteiger partial charge in [-0.15, -0.1) is 0 Å². The van der Waals surface area contributed by atoms with E-state index in [1.165, 1.54) is 6.21 Å². The number of esters is 1. The minimum Gasteiger partial charge on any atom is -0.497 e. The minimum atomic E-state index is -0.546. The molecule has 0 heterocycles. The SMILES string of the molecule is COc1ccc(C(=O)Oc2ccc3ccccc3c2C=NNC(=O)CNC(=O)c2cccc(C)c2)cc1. The van der Waals surface area contributed by atoms with Gasteiger partial charge in [0.1, 0.15) is 11.5 Å². The van der Waals surface area contributed by atoms with Crippen molar-refractivity contribution in [2.45, 2.75) is 6.92 Å². The van der Waals surface area contributed by atoms with Crippen molar-refractivity contribution in [3.63, 3.8) is 0 Å². The highest BCUT2D eigenvalue weighted by Crippen LogP contribution is 2.27. The molecule has 4 aromatic rings. The number of fused-ring (bicyclic) bond motifs is 1. The number of nitrogens with zero attached hydrogens (tertiary/aromatic N) is 1. The number of hydrogen-bond donors (Lipinski definition) is 2. The number of amides is 2. The van der Waals surface area contributed by atoms with E-state index in [9.17, 15) is 14.4 Å². The topological polar surface area (TPSA) is 106 Å². The van der Waals surface area contributed by atoms with Crippen LogP contribution in [0, 0.1) is 6.92 Å². The lowest BCUT2D eigenvalue weighted by molar-refractivity contribution is -0.120. The second kappa shape index (κ2) is 11.6. The number of ether oxygens (including phenoxy) is 2. The Hall–Kier alpha value is -4.98. The van der Waals surface area contributed by atoms with Gasteiger partial charge >= 0.3 is 5.97 Å². The molecule has 8 heteroatoms. The largest absolute Gasteiger partial charge is 0.497 e. The van der Waals surface area contributed by atoms with Crippen molar-refractivity contribution >= 4 is 34.8 Å². The lowest BCUT2D eigenvalue weighted by Crippen LogP contribution is -2.34. The van der Waals surface area contributed by atoms with Crippen LogP contribution in [0.2, 0.25) is 0 Å². The molecule has 0 saturated heterocycles. The average Bonchev–Trinajstić information content (AvgIpc) is 2.92. The molecule has 0 spiro atoms. The summed E-state index contributed by atoms with van der Waals surface area (Å²) in [6, 6.07) is 24.7. The summed E-state index contributed by atoms with van der Waals surface area (Å²) in [6.07, 6.45) is 1.42. The lowest BCUT2D eigenvalue weighted by Gasteiger charge is -2.11. The zero-order valence-electron chi connectivity index (χ0n) is 20.4. The summed E-state index contributed by atoms with van der Waals surface area (Å²) in [5, 5.41) is 8.29. The molecule has 2 amide bonds. The Morgan fingerprint density at radius 3 is 2.43 bits per heavy atom. The van der Waals surface area contributed by atoms with Gasteiger partial charge in [0.05, 0.1) is 25.4 Å². The van der Waals surface area contributed by atoms with Crippen LogP contribution in [0.4, 0.5) is 0 Å². The van der Waals surface area contributed by atoms with Crippen LogP contribution < -0.4 is 20.2 Å². The van der Waals surface area contributed by atoms with Crippen LogP contribution in [0.15, 0.2) is 90.0 Å². The molecule has 4 aromatic carbocycles. The second-order valence-electron chi connectivity index (χ2n) is 8.16. The Morgan fingerprint density at radius 1 is 0.892 bits per heavy atom. The number of nitrogens with one attached hydrogen (secondary N) is 2. The molecule has 0 atom stereocenters. The zero-order valence-corrected chi connectivity index (χ0v) is 20.4. The predicted octanol–water partition coefficient (Wildman–Crippen LogP) is 4.26. The summed E-state index contributed by atoms with van der Waals surface area (Å²) in [6.45, 7) is 1.63. The maximum Gasteiger partial charge on any atom is 0.343 e. The Balaban J connectivity index is 1.47. The lowest BCUT2D eigenvalue weighted by atomic mass is 10.0. The van der Waals surface area contributed by atoms with Gasteiger partial charge in [0.25, 0.3) is 11.8 Å². The molecule has 0 aromatic heterocycles. The van der Waals surface area contributed by atoms with Crippen LogP contribution >= 0.6 is 0 Å². The van der Waals surface area contributed by atoms with Crippen molar-refractivity contribution < 1.29 is 23.9 Å². The van der Waals surface area contributed by atoms with E-state index in [-0.39, 0.29) is 18.2 Å². The zero-order chi connectivity index (χ0) is 26.2. The fraction of sp³-hybridized carbons (Fsp3) is 0.103. The number of hydrazone groups is 1. The van der Waals surface area contributed by atoms with E-state index in [1.807, 2.05) is 43.3 Å². The Bertz CT molecular complexity index is 1480. The first-order chi connectivity index (χ1) is 17.9. The van der Waals surface area contributed by atoms with Gasteiger partial charge in [-0.3, -0.25) is 9.59 Å². The van der Waals surface area contributed by atoms with E-state index in [4.69, 9.17) is 9.47 Å². The molecular formula is C29H25N3O5. The molecule has 0 aliphatic rings. The smallest absolute Gasteiger partial charge is 0.343 e. The molecule has 0 radical (unpaired) electrons. The van der Waals surface area contributed by atoms with Gasteiger partial charge in [0, 0.05) is 11.1 Å². The highest BCUT2D eigenvalue weighted by molar-refractivity contribution is 6.04. The monoisotopic (exact) mass is 495 g/mol. The standard InChI is InChI=1S/C29H25N3O5/c1-19-6-5-8-22(16-19)28(34)30-18-27(33)32-31-17-25-24-9-4-3-7-20(24)12-15-26(25)37-29(35)21-10-13-23(36-2)14-11-21/h3-17H,18H2,1-2H3,(H,30,34)(H,32,33).